The van der Waals surface area contributed by atoms with Crippen molar-refractivity contribution in [1.29, 1.82) is 0 Å². The van der Waals surface area contributed by atoms with Gasteiger partial charge in [-0.2, -0.15) is 10.3 Å². The molecule has 0 bridgehead atoms. The minimum Gasteiger partial charge on any atom is -0.753 e. The Bertz CT molecular complexity index is 865. The third-order valence-electron chi connectivity index (χ3n) is 3.17. The van der Waals surface area contributed by atoms with E-state index in [1.807, 2.05) is 73.1 Å². The van der Waals surface area contributed by atoms with E-state index in [-0.39, 0.29) is 16.8 Å². The van der Waals surface area contributed by atoms with Gasteiger partial charge in [0.2, 0.25) is 0 Å². The van der Waals surface area contributed by atoms with Crippen LogP contribution in [0.2, 0.25) is 0 Å². The van der Waals surface area contributed by atoms with Crippen LogP contribution in [0, 0.1) is 0 Å². The van der Waals surface area contributed by atoms with Crippen LogP contribution in [0.15, 0.2) is 85.7 Å². The quantitative estimate of drug-likeness (QED) is 0.304. The van der Waals surface area contributed by atoms with E-state index in [0.29, 0.717) is 0 Å². The molecule has 0 aliphatic rings. The SMILES string of the molecule is [Co+2].[N-]=C=S.[N-]=C=S.c1ccc(-c2cnc[nH]2)cc1.c1ccc(-c2cnc[nH]2)cc1. The summed E-state index contributed by atoms with van der Waals surface area (Å²) in [5, 5.41) is 16.9. The van der Waals surface area contributed by atoms with Gasteiger partial charge in [0.25, 0.3) is 0 Å². The van der Waals surface area contributed by atoms with Gasteiger partial charge in [-0.05, 0) is 11.1 Å². The van der Waals surface area contributed by atoms with Crippen LogP contribution < -0.4 is 0 Å². The fraction of sp³-hybridized carbons (Fsp3) is 0. The van der Waals surface area contributed by atoms with Crippen LogP contribution in [0.1, 0.15) is 0 Å². The molecule has 0 saturated carbocycles. The number of nitrogens with zero attached hydrogens (tertiary/aromatic N) is 4. The number of hydrogen-bond donors (Lipinski definition) is 2. The summed E-state index contributed by atoms with van der Waals surface area (Å²) in [7, 11) is 0. The maximum absolute atomic E-state index is 7.13. The first-order valence-corrected chi connectivity index (χ1v) is 8.68. The summed E-state index contributed by atoms with van der Waals surface area (Å²) < 4.78 is 0. The van der Waals surface area contributed by atoms with Crippen LogP contribution in [0.4, 0.5) is 0 Å². The van der Waals surface area contributed by atoms with Gasteiger partial charge in [0.15, 0.2) is 0 Å². The zero-order chi connectivity index (χ0) is 20.5. The zero-order valence-electron chi connectivity index (χ0n) is 15.0. The third-order valence-corrected chi connectivity index (χ3v) is 3.17. The van der Waals surface area contributed by atoms with Gasteiger partial charge in [0, 0.05) is 0 Å². The Hall–Kier alpha value is -3.03. The number of isothiocyanates is 2. The molecular weight excluding hydrogens is 447 g/mol. The fourth-order valence-electron chi connectivity index (χ4n) is 2.06. The van der Waals surface area contributed by atoms with Gasteiger partial charge >= 0.3 is 16.8 Å². The Kier molecular flexibility index (Phi) is 15.3. The van der Waals surface area contributed by atoms with E-state index in [4.69, 9.17) is 10.8 Å². The molecule has 0 amide bonds. The molecule has 2 aromatic carbocycles. The summed E-state index contributed by atoms with van der Waals surface area (Å²) in [5.74, 6) is 0. The van der Waals surface area contributed by atoms with Crippen molar-refractivity contribution in [1.82, 2.24) is 19.9 Å². The number of aromatic amines is 2. The first-order chi connectivity index (χ1) is 13.8. The molecule has 0 aliphatic heterocycles. The topological polar surface area (TPSA) is 102 Å². The van der Waals surface area contributed by atoms with Crippen molar-refractivity contribution in [2.45, 2.75) is 0 Å². The molecule has 0 saturated heterocycles. The van der Waals surface area contributed by atoms with Crippen molar-refractivity contribution in [3.8, 4) is 22.5 Å². The van der Waals surface area contributed by atoms with E-state index in [1.165, 1.54) is 21.4 Å². The van der Waals surface area contributed by atoms with Gasteiger partial charge in [-0.15, -0.1) is 0 Å². The van der Waals surface area contributed by atoms with E-state index in [0.717, 1.165) is 11.4 Å². The van der Waals surface area contributed by atoms with Crippen molar-refractivity contribution in [2.75, 3.05) is 0 Å². The third kappa shape index (κ3) is 10.8. The standard InChI is InChI=1S/2C9H8N2.2CNS.Co/c2*1-2-4-8(5-3-1)9-6-10-7-11-9;2*2-1-3;/h2*1-7H,(H,10,11);;;/q;;2*-1;+2. The van der Waals surface area contributed by atoms with E-state index < -0.39 is 0 Å². The van der Waals surface area contributed by atoms with Crippen LogP contribution in [0.3, 0.4) is 0 Å². The minimum absolute atomic E-state index is 0. The Morgan fingerprint density at radius 2 is 0.966 bits per heavy atom. The molecular formula is C20H16CoN6S2. The summed E-state index contributed by atoms with van der Waals surface area (Å²) in [4.78, 5) is 14.0. The number of hydrogen-bond acceptors (Lipinski definition) is 4. The monoisotopic (exact) mass is 463 g/mol. The van der Waals surface area contributed by atoms with E-state index >= 15 is 0 Å². The molecule has 0 aliphatic carbocycles. The molecule has 2 heterocycles. The molecule has 9 heteroatoms. The van der Waals surface area contributed by atoms with Gasteiger partial charge in [0.05, 0.1) is 36.4 Å². The van der Waals surface area contributed by atoms with Crippen LogP contribution in [-0.4, -0.2) is 30.3 Å². The smallest absolute Gasteiger partial charge is 0.753 e. The van der Waals surface area contributed by atoms with Gasteiger partial charge < -0.3 is 20.8 Å². The normalized spacial score (nSPS) is 8.00. The average molecular weight is 463 g/mol. The Labute approximate surface area is 190 Å². The number of benzene rings is 2. The summed E-state index contributed by atoms with van der Waals surface area (Å²) >= 11 is 7.40. The number of thiocarbonyl (C=S) groups is 2. The summed E-state index contributed by atoms with van der Waals surface area (Å²) in [5.41, 5.74) is 4.46. The van der Waals surface area contributed by atoms with Crippen LogP contribution in [-0.2, 0) is 16.8 Å². The molecule has 0 atom stereocenters. The average Bonchev–Trinajstić information content (AvgIpc) is 3.46. The van der Waals surface area contributed by atoms with Crippen LogP contribution in [0.25, 0.3) is 33.3 Å². The molecule has 29 heavy (non-hydrogen) atoms. The number of aromatic nitrogens is 4. The largest absolute Gasteiger partial charge is 2.00 e. The van der Waals surface area contributed by atoms with Gasteiger partial charge in [-0.1, -0.05) is 85.1 Å². The predicted molar refractivity (Wildman–Crippen MR) is 120 cm³/mol. The molecule has 4 rings (SSSR count). The van der Waals surface area contributed by atoms with E-state index in [1.54, 1.807) is 12.7 Å². The van der Waals surface area contributed by atoms with E-state index in [2.05, 4.69) is 44.4 Å². The molecule has 0 spiro atoms. The molecule has 147 valence electrons. The summed E-state index contributed by atoms with van der Waals surface area (Å²) in [6.07, 6.45) is 7.00. The number of rotatable bonds is 2. The first kappa shape index (κ1) is 26.0. The van der Waals surface area contributed by atoms with Crippen molar-refractivity contribution >= 4 is 34.8 Å². The maximum atomic E-state index is 7.13. The summed E-state index contributed by atoms with van der Waals surface area (Å²) in [6, 6.07) is 20.2. The Morgan fingerprint density at radius 3 is 1.21 bits per heavy atom. The number of nitrogens with one attached hydrogen (secondary N) is 2. The maximum Gasteiger partial charge on any atom is 2.00 e. The molecule has 2 N–H and O–H groups in total. The number of H-pyrrole nitrogens is 2. The van der Waals surface area contributed by atoms with Crippen molar-refractivity contribution in [3.05, 3.63) is 96.5 Å². The summed E-state index contributed by atoms with van der Waals surface area (Å²) in [6.45, 7) is 0. The minimum atomic E-state index is 0. The van der Waals surface area contributed by atoms with Crippen molar-refractivity contribution < 1.29 is 16.8 Å². The zero-order valence-corrected chi connectivity index (χ0v) is 17.7. The predicted octanol–water partition coefficient (Wildman–Crippen LogP) is 5.47. The molecule has 4 aromatic rings. The molecule has 0 fully saturated rings. The molecule has 0 unspecified atom stereocenters. The number of imidazole rings is 2. The van der Waals surface area contributed by atoms with Crippen molar-refractivity contribution in [3.63, 3.8) is 0 Å². The van der Waals surface area contributed by atoms with Gasteiger partial charge in [-0.25, -0.2) is 9.97 Å². The Balaban J connectivity index is 0.000000416. The van der Waals surface area contributed by atoms with E-state index in [9.17, 15) is 0 Å². The molecule has 6 nitrogen and oxygen atoms in total. The fourth-order valence-corrected chi connectivity index (χ4v) is 2.06. The Morgan fingerprint density at radius 1 is 0.655 bits per heavy atom. The van der Waals surface area contributed by atoms with Crippen molar-refractivity contribution in [2.24, 2.45) is 0 Å². The van der Waals surface area contributed by atoms with Crippen LogP contribution >= 0.6 is 24.4 Å². The molecule has 1 radical (unpaired) electrons. The second-order valence-electron chi connectivity index (χ2n) is 4.85. The van der Waals surface area contributed by atoms with Gasteiger partial charge in [-0.3, -0.25) is 0 Å². The second kappa shape index (κ2) is 17.1. The second-order valence-corrected chi connectivity index (χ2v) is 5.21. The molecule has 2 aromatic heterocycles. The van der Waals surface area contributed by atoms with Crippen LogP contribution in [0.5, 0.6) is 0 Å². The van der Waals surface area contributed by atoms with Gasteiger partial charge in [0.1, 0.15) is 0 Å². The first-order valence-electron chi connectivity index (χ1n) is 7.86.